The molecule has 0 aromatic heterocycles. The fourth-order valence-electron chi connectivity index (χ4n) is 3.03. The van der Waals surface area contributed by atoms with Crippen molar-refractivity contribution in [2.75, 3.05) is 39.3 Å². The maximum absolute atomic E-state index is 5.96. The molecule has 0 aliphatic carbocycles. The highest BCUT2D eigenvalue weighted by molar-refractivity contribution is 5.20. The number of rotatable bonds is 5. The molecule has 2 aliphatic rings. The fraction of sp³-hybridized carbons (Fsp3) is 0.625. The van der Waals surface area contributed by atoms with E-state index in [1.165, 1.54) is 25.1 Å². The zero-order chi connectivity index (χ0) is 13.1. The number of nitrogens with one attached hydrogen (secondary N) is 1. The second-order valence-electron chi connectivity index (χ2n) is 6.10. The summed E-state index contributed by atoms with van der Waals surface area (Å²) in [6.07, 6.45) is 1.28. The summed E-state index contributed by atoms with van der Waals surface area (Å²) in [6, 6.07) is 10.9. The Morgan fingerprint density at radius 3 is 2.79 bits per heavy atom. The zero-order valence-corrected chi connectivity index (χ0v) is 11.8. The van der Waals surface area contributed by atoms with Crippen LogP contribution in [0.3, 0.4) is 0 Å². The highest BCUT2D eigenvalue weighted by Crippen LogP contribution is 2.26. The molecule has 2 fully saturated rings. The third-order valence-electron chi connectivity index (χ3n) is 4.40. The molecule has 1 N–H and O–H groups in total. The molecule has 3 nitrogen and oxygen atoms in total. The van der Waals surface area contributed by atoms with E-state index in [9.17, 15) is 0 Å². The molecule has 2 saturated heterocycles. The monoisotopic (exact) mass is 260 g/mol. The van der Waals surface area contributed by atoms with Gasteiger partial charge in [0.2, 0.25) is 0 Å². The second-order valence-corrected chi connectivity index (χ2v) is 6.10. The van der Waals surface area contributed by atoms with Gasteiger partial charge in [-0.3, -0.25) is 0 Å². The molecule has 2 heterocycles. The van der Waals surface area contributed by atoms with Gasteiger partial charge in [0.05, 0.1) is 12.2 Å². The molecule has 19 heavy (non-hydrogen) atoms. The number of nitrogens with zero attached hydrogens (tertiary/aromatic N) is 1. The molecule has 0 saturated carbocycles. The molecule has 0 spiro atoms. The third kappa shape index (κ3) is 3.16. The van der Waals surface area contributed by atoms with Crippen LogP contribution in [0.4, 0.5) is 0 Å². The van der Waals surface area contributed by atoms with E-state index in [1.54, 1.807) is 0 Å². The lowest BCUT2D eigenvalue weighted by molar-refractivity contribution is -0.0710. The SMILES string of the molecule is CC1(OCCN2CCC(c3ccccc3)C2)CNC1. The topological polar surface area (TPSA) is 24.5 Å². The van der Waals surface area contributed by atoms with Crippen LogP contribution in [0.15, 0.2) is 30.3 Å². The van der Waals surface area contributed by atoms with Gasteiger partial charge in [-0.1, -0.05) is 30.3 Å². The minimum absolute atomic E-state index is 0.0958. The largest absolute Gasteiger partial charge is 0.371 e. The van der Waals surface area contributed by atoms with Gasteiger partial charge >= 0.3 is 0 Å². The highest BCUT2D eigenvalue weighted by Gasteiger charge is 2.32. The Labute approximate surface area is 115 Å². The van der Waals surface area contributed by atoms with E-state index in [2.05, 4.69) is 47.5 Å². The summed E-state index contributed by atoms with van der Waals surface area (Å²) in [5.41, 5.74) is 1.58. The molecule has 2 aliphatic heterocycles. The van der Waals surface area contributed by atoms with E-state index >= 15 is 0 Å². The van der Waals surface area contributed by atoms with Crippen LogP contribution >= 0.6 is 0 Å². The smallest absolute Gasteiger partial charge is 0.0902 e. The van der Waals surface area contributed by atoms with Gasteiger partial charge in [0, 0.05) is 26.2 Å². The molecule has 0 amide bonds. The Morgan fingerprint density at radius 1 is 1.32 bits per heavy atom. The van der Waals surface area contributed by atoms with Gasteiger partial charge in [-0.05, 0) is 31.4 Å². The number of hydrogen-bond donors (Lipinski definition) is 1. The first-order valence-electron chi connectivity index (χ1n) is 7.37. The fourth-order valence-corrected chi connectivity index (χ4v) is 3.03. The first kappa shape index (κ1) is 13.1. The summed E-state index contributed by atoms with van der Waals surface area (Å²) in [5, 5.41) is 3.27. The molecule has 3 rings (SSSR count). The van der Waals surface area contributed by atoms with E-state index < -0.39 is 0 Å². The number of ether oxygens (including phenoxy) is 1. The summed E-state index contributed by atoms with van der Waals surface area (Å²) in [6.45, 7) is 8.51. The van der Waals surface area contributed by atoms with Crippen LogP contribution in [-0.4, -0.2) is 49.8 Å². The van der Waals surface area contributed by atoms with Crippen molar-refractivity contribution in [3.8, 4) is 0 Å². The first-order chi connectivity index (χ1) is 9.25. The van der Waals surface area contributed by atoms with E-state index in [-0.39, 0.29) is 5.60 Å². The second kappa shape index (κ2) is 5.61. The van der Waals surface area contributed by atoms with Crippen LogP contribution in [0.5, 0.6) is 0 Å². The molecule has 1 aromatic rings. The van der Waals surface area contributed by atoms with Gasteiger partial charge in [-0.25, -0.2) is 0 Å². The molecule has 0 bridgehead atoms. The lowest BCUT2D eigenvalue weighted by Crippen LogP contribution is -2.59. The molecule has 1 aromatic carbocycles. The standard InChI is InChI=1S/C16H24N2O/c1-16(12-17-13-16)19-10-9-18-8-7-15(11-18)14-5-3-2-4-6-14/h2-6,15,17H,7-13H2,1H3. The van der Waals surface area contributed by atoms with Crippen molar-refractivity contribution in [3.63, 3.8) is 0 Å². The van der Waals surface area contributed by atoms with Crippen LogP contribution in [0.1, 0.15) is 24.8 Å². The number of likely N-dealkylation sites (tertiary alicyclic amines) is 1. The Morgan fingerprint density at radius 2 is 2.11 bits per heavy atom. The molecule has 104 valence electrons. The first-order valence-corrected chi connectivity index (χ1v) is 7.37. The maximum atomic E-state index is 5.96. The van der Waals surface area contributed by atoms with Gasteiger partial charge in [0.25, 0.3) is 0 Å². The summed E-state index contributed by atoms with van der Waals surface area (Å²) < 4.78 is 5.96. The Balaban J connectivity index is 1.42. The third-order valence-corrected chi connectivity index (χ3v) is 4.40. The molecular formula is C16H24N2O. The summed E-state index contributed by atoms with van der Waals surface area (Å²) in [4.78, 5) is 2.53. The number of benzene rings is 1. The van der Waals surface area contributed by atoms with Crippen molar-refractivity contribution in [1.82, 2.24) is 10.2 Å². The minimum atomic E-state index is 0.0958. The average Bonchev–Trinajstić information content (AvgIpc) is 2.87. The zero-order valence-electron chi connectivity index (χ0n) is 11.8. The van der Waals surface area contributed by atoms with Gasteiger partial charge < -0.3 is 15.0 Å². The summed E-state index contributed by atoms with van der Waals surface area (Å²) in [7, 11) is 0. The highest BCUT2D eigenvalue weighted by atomic mass is 16.5. The summed E-state index contributed by atoms with van der Waals surface area (Å²) in [5.74, 6) is 0.710. The Hall–Kier alpha value is -0.900. The van der Waals surface area contributed by atoms with E-state index in [0.29, 0.717) is 5.92 Å². The maximum Gasteiger partial charge on any atom is 0.0902 e. The predicted octanol–water partition coefficient (Wildman–Crippen LogP) is 1.85. The molecular weight excluding hydrogens is 236 g/mol. The predicted molar refractivity (Wildman–Crippen MR) is 77.5 cm³/mol. The van der Waals surface area contributed by atoms with Gasteiger partial charge in [0.1, 0.15) is 0 Å². The molecule has 1 atom stereocenters. The quantitative estimate of drug-likeness (QED) is 0.874. The van der Waals surface area contributed by atoms with Crippen molar-refractivity contribution in [3.05, 3.63) is 35.9 Å². The average molecular weight is 260 g/mol. The lowest BCUT2D eigenvalue weighted by atomic mass is 9.99. The van der Waals surface area contributed by atoms with Gasteiger partial charge in [-0.15, -0.1) is 0 Å². The number of hydrogen-bond acceptors (Lipinski definition) is 3. The van der Waals surface area contributed by atoms with Crippen LogP contribution in [0.2, 0.25) is 0 Å². The van der Waals surface area contributed by atoms with Crippen molar-refractivity contribution in [2.24, 2.45) is 0 Å². The normalized spacial score (nSPS) is 26.3. The van der Waals surface area contributed by atoms with E-state index in [1.807, 2.05) is 0 Å². The van der Waals surface area contributed by atoms with E-state index in [4.69, 9.17) is 4.74 Å². The van der Waals surface area contributed by atoms with Crippen molar-refractivity contribution in [2.45, 2.75) is 24.9 Å². The molecule has 1 unspecified atom stereocenters. The van der Waals surface area contributed by atoms with Crippen LogP contribution < -0.4 is 5.32 Å². The summed E-state index contributed by atoms with van der Waals surface area (Å²) >= 11 is 0. The Bertz CT molecular complexity index is 402. The van der Waals surface area contributed by atoms with Gasteiger partial charge in [0.15, 0.2) is 0 Å². The van der Waals surface area contributed by atoms with Crippen molar-refractivity contribution < 1.29 is 4.74 Å². The minimum Gasteiger partial charge on any atom is -0.371 e. The van der Waals surface area contributed by atoms with Gasteiger partial charge in [-0.2, -0.15) is 0 Å². The molecule has 0 radical (unpaired) electrons. The van der Waals surface area contributed by atoms with E-state index in [0.717, 1.165) is 26.2 Å². The van der Waals surface area contributed by atoms with Crippen LogP contribution in [-0.2, 0) is 4.74 Å². The van der Waals surface area contributed by atoms with Crippen molar-refractivity contribution >= 4 is 0 Å². The molecule has 3 heteroatoms. The lowest BCUT2D eigenvalue weighted by Gasteiger charge is -2.39. The van der Waals surface area contributed by atoms with Crippen LogP contribution in [0.25, 0.3) is 0 Å². The van der Waals surface area contributed by atoms with Crippen molar-refractivity contribution in [1.29, 1.82) is 0 Å². The Kier molecular flexibility index (Phi) is 3.87. The van der Waals surface area contributed by atoms with Crippen LogP contribution in [0, 0.1) is 0 Å².